The van der Waals surface area contributed by atoms with Crippen LogP contribution in [-0.4, -0.2) is 19.5 Å². The molecule has 7 aromatic carbocycles. The summed E-state index contributed by atoms with van der Waals surface area (Å²) < 4.78 is 8.97. The van der Waals surface area contributed by atoms with Gasteiger partial charge in [-0.2, -0.15) is 0 Å². The molecule has 0 radical (unpaired) electrons. The van der Waals surface area contributed by atoms with Crippen molar-refractivity contribution < 1.29 is 4.42 Å². The highest BCUT2D eigenvalue weighted by Crippen LogP contribution is 2.40. The van der Waals surface area contributed by atoms with Crippen molar-refractivity contribution in [3.8, 4) is 39.9 Å². The van der Waals surface area contributed by atoms with Gasteiger partial charge in [0.25, 0.3) is 0 Å². The van der Waals surface area contributed by atoms with Crippen molar-refractivity contribution in [3.05, 3.63) is 158 Å². The van der Waals surface area contributed by atoms with Crippen LogP contribution in [0.25, 0.3) is 94.4 Å². The Labute approximate surface area is 275 Å². The summed E-state index contributed by atoms with van der Waals surface area (Å²) in [6.45, 7) is 0. The van der Waals surface area contributed by atoms with Crippen molar-refractivity contribution in [2.45, 2.75) is 0 Å². The smallest absolute Gasteiger partial charge is 0.164 e. The monoisotopic (exact) mass is 614 g/mol. The number of nitrogens with zero attached hydrogens (tertiary/aromatic N) is 4. The quantitative estimate of drug-likeness (QED) is 0.198. The third kappa shape index (κ3) is 4.15. The van der Waals surface area contributed by atoms with Gasteiger partial charge in [-0.3, -0.25) is 0 Å². The molecule has 0 atom stereocenters. The van der Waals surface area contributed by atoms with Crippen LogP contribution in [0.5, 0.6) is 0 Å². The molecule has 0 spiro atoms. The molecule has 3 heterocycles. The van der Waals surface area contributed by atoms with E-state index in [1.165, 1.54) is 27.1 Å². The first kappa shape index (κ1) is 26.6. The summed E-state index contributed by atoms with van der Waals surface area (Å²) in [5.41, 5.74) is 7.76. The average Bonchev–Trinajstić information content (AvgIpc) is 3.69. The highest BCUT2D eigenvalue weighted by molar-refractivity contribution is 6.16. The number of aromatic nitrogens is 4. The second-order valence-corrected chi connectivity index (χ2v) is 12.1. The maximum Gasteiger partial charge on any atom is 0.164 e. The summed E-state index contributed by atoms with van der Waals surface area (Å²) in [7, 11) is 0. The first-order valence-electron chi connectivity index (χ1n) is 16.0. The fourth-order valence-corrected chi connectivity index (χ4v) is 6.98. The van der Waals surface area contributed by atoms with Crippen molar-refractivity contribution in [3.63, 3.8) is 0 Å². The van der Waals surface area contributed by atoms with Gasteiger partial charge in [-0.25, -0.2) is 15.0 Å². The second-order valence-electron chi connectivity index (χ2n) is 12.1. The molecule has 3 aromatic heterocycles. The van der Waals surface area contributed by atoms with Gasteiger partial charge < -0.3 is 8.98 Å². The van der Waals surface area contributed by atoms with E-state index in [1.807, 2.05) is 66.7 Å². The van der Waals surface area contributed by atoms with Crippen LogP contribution in [0.15, 0.2) is 162 Å². The molecular formula is C43H26N4O. The molecule has 0 amide bonds. The van der Waals surface area contributed by atoms with Gasteiger partial charge >= 0.3 is 0 Å². The Bertz CT molecular complexity index is 2780. The highest BCUT2D eigenvalue weighted by Gasteiger charge is 2.19. The van der Waals surface area contributed by atoms with E-state index in [4.69, 9.17) is 19.4 Å². The molecule has 0 aliphatic rings. The van der Waals surface area contributed by atoms with Crippen molar-refractivity contribution in [2.75, 3.05) is 0 Å². The number of para-hydroxylation sites is 1. The maximum atomic E-state index is 6.59. The van der Waals surface area contributed by atoms with Crippen LogP contribution in [0.2, 0.25) is 0 Å². The van der Waals surface area contributed by atoms with Gasteiger partial charge in [0, 0.05) is 32.8 Å². The van der Waals surface area contributed by atoms with Gasteiger partial charge in [-0.05, 0) is 53.2 Å². The Morgan fingerprint density at radius 1 is 0.396 bits per heavy atom. The van der Waals surface area contributed by atoms with Crippen molar-refractivity contribution in [1.82, 2.24) is 19.5 Å². The third-order valence-electron chi connectivity index (χ3n) is 9.21. The number of rotatable bonds is 4. The van der Waals surface area contributed by atoms with Crippen molar-refractivity contribution >= 4 is 54.5 Å². The van der Waals surface area contributed by atoms with Gasteiger partial charge in [-0.1, -0.05) is 115 Å². The van der Waals surface area contributed by atoms with Crippen LogP contribution in [0, 0.1) is 0 Å². The van der Waals surface area contributed by atoms with Gasteiger partial charge in [-0.15, -0.1) is 0 Å². The largest absolute Gasteiger partial charge is 0.456 e. The normalized spacial score (nSPS) is 11.8. The van der Waals surface area contributed by atoms with E-state index in [2.05, 4.69) is 95.6 Å². The van der Waals surface area contributed by atoms with E-state index in [0.29, 0.717) is 17.5 Å². The molecule has 5 heteroatoms. The Kier molecular flexibility index (Phi) is 5.81. The number of fused-ring (bicyclic) bond motifs is 7. The number of furan rings is 1. The Morgan fingerprint density at radius 3 is 1.75 bits per heavy atom. The standard InChI is InChI=1S/C43H26N4O/c1-3-12-27(13-4-1)41-44-42(28-14-5-2-6-15-28)46-43(45-41)31-22-23-33-39(26-31)48-38-21-11-20-36(40(33)38)47-35-19-10-9-18-32(35)34-24-29-16-7-8-17-30(29)25-37(34)47/h1-26H. The summed E-state index contributed by atoms with van der Waals surface area (Å²) in [5.74, 6) is 1.86. The van der Waals surface area contributed by atoms with Crippen molar-refractivity contribution in [1.29, 1.82) is 0 Å². The number of hydrogen-bond donors (Lipinski definition) is 0. The summed E-state index contributed by atoms with van der Waals surface area (Å²) in [4.78, 5) is 14.7. The first-order valence-corrected chi connectivity index (χ1v) is 16.0. The van der Waals surface area contributed by atoms with Gasteiger partial charge in [0.15, 0.2) is 17.5 Å². The summed E-state index contributed by atoms with van der Waals surface area (Å²) in [6.07, 6.45) is 0. The number of benzene rings is 7. The highest BCUT2D eigenvalue weighted by atomic mass is 16.3. The lowest BCUT2D eigenvalue weighted by molar-refractivity contribution is 0.669. The summed E-state index contributed by atoms with van der Waals surface area (Å²) >= 11 is 0. The molecule has 10 rings (SSSR count). The lowest BCUT2D eigenvalue weighted by Gasteiger charge is -2.10. The van der Waals surface area contributed by atoms with Gasteiger partial charge in [0.2, 0.25) is 0 Å². The minimum Gasteiger partial charge on any atom is -0.456 e. The second kappa shape index (κ2) is 10.5. The van der Waals surface area contributed by atoms with Gasteiger partial charge in [0.1, 0.15) is 11.2 Å². The summed E-state index contributed by atoms with van der Waals surface area (Å²) in [5, 5.41) is 7.01. The zero-order valence-electron chi connectivity index (χ0n) is 25.7. The lowest BCUT2D eigenvalue weighted by Crippen LogP contribution is -2.00. The molecule has 0 saturated heterocycles. The molecule has 0 fully saturated rings. The predicted molar refractivity (Wildman–Crippen MR) is 195 cm³/mol. The molecule has 0 aliphatic heterocycles. The summed E-state index contributed by atoms with van der Waals surface area (Å²) in [6, 6.07) is 54.5. The van der Waals surface area contributed by atoms with E-state index in [1.54, 1.807) is 0 Å². The van der Waals surface area contributed by atoms with E-state index in [-0.39, 0.29) is 0 Å². The van der Waals surface area contributed by atoms with Crippen LogP contribution < -0.4 is 0 Å². The van der Waals surface area contributed by atoms with Crippen LogP contribution in [0.4, 0.5) is 0 Å². The molecule has 5 nitrogen and oxygen atoms in total. The minimum atomic E-state index is 0.597. The molecule has 0 saturated carbocycles. The molecule has 0 unspecified atom stereocenters. The molecule has 10 aromatic rings. The zero-order chi connectivity index (χ0) is 31.6. The molecule has 0 aliphatic carbocycles. The Hall–Kier alpha value is -6.59. The van der Waals surface area contributed by atoms with Crippen LogP contribution in [0.1, 0.15) is 0 Å². The van der Waals surface area contributed by atoms with E-state index < -0.39 is 0 Å². The van der Waals surface area contributed by atoms with Crippen LogP contribution in [0.3, 0.4) is 0 Å². The first-order chi connectivity index (χ1) is 23.8. The van der Waals surface area contributed by atoms with E-state index >= 15 is 0 Å². The Morgan fingerprint density at radius 2 is 1.02 bits per heavy atom. The average molecular weight is 615 g/mol. The van der Waals surface area contributed by atoms with Crippen LogP contribution in [-0.2, 0) is 0 Å². The molecule has 0 N–H and O–H groups in total. The fraction of sp³-hybridized carbons (Fsp3) is 0. The number of hydrogen-bond acceptors (Lipinski definition) is 4. The lowest BCUT2D eigenvalue weighted by atomic mass is 10.1. The van der Waals surface area contributed by atoms with Crippen molar-refractivity contribution in [2.24, 2.45) is 0 Å². The predicted octanol–water partition coefficient (Wildman–Crippen LogP) is 11.0. The molecule has 224 valence electrons. The SMILES string of the molecule is c1ccc(-c2nc(-c3ccccc3)nc(-c3ccc4c(c3)oc3cccc(-n5c6ccccc6c6cc7ccccc7cc65)c34)n2)cc1. The third-order valence-corrected chi connectivity index (χ3v) is 9.21. The van der Waals surface area contributed by atoms with Gasteiger partial charge in [0.05, 0.1) is 22.1 Å². The van der Waals surface area contributed by atoms with Crippen LogP contribution >= 0.6 is 0 Å². The fourth-order valence-electron chi connectivity index (χ4n) is 6.98. The molecule has 48 heavy (non-hydrogen) atoms. The molecule has 0 bridgehead atoms. The topological polar surface area (TPSA) is 56.7 Å². The minimum absolute atomic E-state index is 0.597. The zero-order valence-corrected chi connectivity index (χ0v) is 25.7. The van der Waals surface area contributed by atoms with E-state index in [0.717, 1.165) is 49.8 Å². The Balaban J connectivity index is 1.19. The molecular weight excluding hydrogens is 589 g/mol. The van der Waals surface area contributed by atoms with E-state index in [9.17, 15) is 0 Å². The maximum absolute atomic E-state index is 6.59.